The van der Waals surface area contributed by atoms with Gasteiger partial charge in [0.05, 0.1) is 0 Å². The number of nitrogens with one attached hydrogen (secondary N) is 3. The number of halogens is 1. The molecule has 0 heterocycles. The zero-order valence-corrected chi connectivity index (χ0v) is 15.4. The van der Waals surface area contributed by atoms with E-state index in [1.165, 1.54) is 0 Å². The number of hydrogen-bond donors (Lipinski definition) is 3. The highest BCUT2D eigenvalue weighted by Crippen LogP contribution is 2.15. The van der Waals surface area contributed by atoms with Gasteiger partial charge in [0.25, 0.3) is 5.91 Å². The number of benzene rings is 2. The average Bonchev–Trinajstić information content (AvgIpc) is 2.61. The van der Waals surface area contributed by atoms with Crippen molar-refractivity contribution in [2.24, 2.45) is 0 Å². The van der Waals surface area contributed by atoms with E-state index in [1.54, 1.807) is 0 Å². The van der Waals surface area contributed by atoms with Gasteiger partial charge in [-0.15, -0.1) is 0 Å². The molecule has 0 aromatic heterocycles. The second-order valence-corrected chi connectivity index (χ2v) is 6.20. The molecule has 0 bridgehead atoms. The Morgan fingerprint density at radius 3 is 2.56 bits per heavy atom. The summed E-state index contributed by atoms with van der Waals surface area (Å²) in [4.78, 5) is 11.8. The topological polar surface area (TPSA) is 62.4 Å². The van der Waals surface area contributed by atoms with Crippen LogP contribution in [0, 0.1) is 6.92 Å². The summed E-state index contributed by atoms with van der Waals surface area (Å²) in [6.45, 7) is 2.47. The van der Waals surface area contributed by atoms with Crippen molar-refractivity contribution in [3.63, 3.8) is 0 Å². The Balaban J connectivity index is 1.61. The zero-order chi connectivity index (χ0) is 18.1. The highest BCUT2D eigenvalue weighted by molar-refractivity contribution is 7.80. The molecule has 7 heteroatoms. The largest absolute Gasteiger partial charge is 0.483 e. The fourth-order valence-corrected chi connectivity index (χ4v) is 2.32. The Bertz CT molecular complexity index is 723. The van der Waals surface area contributed by atoms with Gasteiger partial charge in [-0.05, 0) is 54.9 Å². The number of ether oxygens (including phenoxy) is 1. The fourth-order valence-electron chi connectivity index (χ4n) is 2.04. The first-order chi connectivity index (χ1) is 12.0. The van der Waals surface area contributed by atoms with Crippen molar-refractivity contribution >= 4 is 34.8 Å². The summed E-state index contributed by atoms with van der Waals surface area (Å²) in [6.07, 6.45) is 0.795. The predicted molar refractivity (Wildman–Crippen MR) is 104 cm³/mol. The van der Waals surface area contributed by atoms with Crippen molar-refractivity contribution < 1.29 is 9.53 Å². The molecule has 0 unspecified atom stereocenters. The van der Waals surface area contributed by atoms with Gasteiger partial charge in [-0.2, -0.15) is 0 Å². The average molecular weight is 378 g/mol. The number of aryl methyl sites for hydroxylation is 1. The number of rotatable bonds is 6. The Hall–Kier alpha value is -2.31. The molecule has 2 aromatic carbocycles. The molecule has 0 aliphatic heterocycles. The maximum Gasteiger partial charge on any atom is 0.276 e. The maximum absolute atomic E-state index is 11.8. The van der Waals surface area contributed by atoms with Crippen LogP contribution >= 0.6 is 23.8 Å². The van der Waals surface area contributed by atoms with Crippen LogP contribution < -0.4 is 20.9 Å². The van der Waals surface area contributed by atoms with E-state index >= 15 is 0 Å². The molecule has 2 rings (SSSR count). The number of amides is 1. The number of carbonyl (C=O) groups is 1. The lowest BCUT2D eigenvalue weighted by Gasteiger charge is -2.12. The molecule has 2 aromatic rings. The molecule has 0 radical (unpaired) electrons. The first-order valence-electron chi connectivity index (χ1n) is 7.80. The van der Waals surface area contributed by atoms with E-state index in [1.807, 2.05) is 55.5 Å². The van der Waals surface area contributed by atoms with Crippen LogP contribution in [0.3, 0.4) is 0 Å². The molecular formula is C18H20ClN3O2S. The summed E-state index contributed by atoms with van der Waals surface area (Å²) in [5.74, 6) is 0.367. The van der Waals surface area contributed by atoms with E-state index in [9.17, 15) is 4.79 Å². The van der Waals surface area contributed by atoms with Crippen LogP contribution in [-0.4, -0.2) is 24.2 Å². The Morgan fingerprint density at radius 2 is 1.84 bits per heavy atom. The molecule has 1 amide bonds. The molecule has 0 saturated heterocycles. The lowest BCUT2D eigenvalue weighted by atomic mass is 10.1. The van der Waals surface area contributed by atoms with Crippen molar-refractivity contribution in [3.05, 3.63) is 64.7 Å². The lowest BCUT2D eigenvalue weighted by molar-refractivity contribution is -0.123. The Morgan fingerprint density at radius 1 is 1.12 bits per heavy atom. The van der Waals surface area contributed by atoms with Gasteiger partial charge in [-0.25, -0.2) is 0 Å². The van der Waals surface area contributed by atoms with E-state index < -0.39 is 0 Å². The minimum absolute atomic E-state index is 0.0920. The summed E-state index contributed by atoms with van der Waals surface area (Å²) < 4.78 is 5.45. The number of carbonyl (C=O) groups excluding carboxylic acids is 1. The van der Waals surface area contributed by atoms with Crippen LogP contribution in [0.5, 0.6) is 5.75 Å². The highest BCUT2D eigenvalue weighted by atomic mass is 35.5. The van der Waals surface area contributed by atoms with Crippen molar-refractivity contribution in [2.75, 3.05) is 13.2 Å². The van der Waals surface area contributed by atoms with Gasteiger partial charge in [0, 0.05) is 11.6 Å². The summed E-state index contributed by atoms with van der Waals surface area (Å²) in [6, 6.07) is 15.1. The monoisotopic (exact) mass is 377 g/mol. The summed E-state index contributed by atoms with van der Waals surface area (Å²) in [5, 5.41) is 4.07. The third kappa shape index (κ3) is 6.99. The number of para-hydroxylation sites is 1. The summed E-state index contributed by atoms with van der Waals surface area (Å²) in [7, 11) is 0. The smallest absolute Gasteiger partial charge is 0.276 e. The summed E-state index contributed by atoms with van der Waals surface area (Å²) in [5.41, 5.74) is 7.26. The van der Waals surface area contributed by atoms with Gasteiger partial charge in [0.2, 0.25) is 0 Å². The van der Waals surface area contributed by atoms with Gasteiger partial charge >= 0.3 is 0 Å². The van der Waals surface area contributed by atoms with Crippen LogP contribution in [0.25, 0.3) is 0 Å². The number of thiocarbonyl (C=S) groups is 1. The maximum atomic E-state index is 11.8. The number of hydrazine groups is 1. The molecular weight excluding hydrogens is 358 g/mol. The van der Waals surface area contributed by atoms with Gasteiger partial charge in [-0.1, -0.05) is 41.9 Å². The minimum Gasteiger partial charge on any atom is -0.483 e. The SMILES string of the molecule is Cc1ccccc1OCC(=O)NNC(=S)NCCc1ccc(Cl)cc1. The first kappa shape index (κ1) is 19.0. The fraction of sp³-hybridized carbons (Fsp3) is 0.222. The molecule has 0 saturated carbocycles. The van der Waals surface area contributed by atoms with Crippen LogP contribution in [0.1, 0.15) is 11.1 Å². The highest BCUT2D eigenvalue weighted by Gasteiger charge is 2.05. The van der Waals surface area contributed by atoms with Crippen molar-refractivity contribution in [1.82, 2.24) is 16.2 Å². The van der Waals surface area contributed by atoms with Crippen LogP contribution in [-0.2, 0) is 11.2 Å². The second-order valence-electron chi connectivity index (χ2n) is 5.36. The second kappa shape index (κ2) is 9.86. The first-order valence-corrected chi connectivity index (χ1v) is 8.59. The third-order valence-electron chi connectivity index (χ3n) is 3.38. The van der Waals surface area contributed by atoms with Crippen molar-refractivity contribution in [3.8, 4) is 5.75 Å². The number of hydrogen-bond acceptors (Lipinski definition) is 3. The predicted octanol–water partition coefficient (Wildman–Crippen LogP) is 2.77. The van der Waals surface area contributed by atoms with Crippen LogP contribution in [0.15, 0.2) is 48.5 Å². The van der Waals surface area contributed by atoms with E-state index in [-0.39, 0.29) is 12.5 Å². The molecule has 0 aliphatic carbocycles. The van der Waals surface area contributed by atoms with Crippen LogP contribution in [0.2, 0.25) is 5.02 Å². The van der Waals surface area contributed by atoms with Crippen molar-refractivity contribution in [1.29, 1.82) is 0 Å². The molecule has 0 spiro atoms. The summed E-state index contributed by atoms with van der Waals surface area (Å²) >= 11 is 11.0. The molecule has 25 heavy (non-hydrogen) atoms. The quantitative estimate of drug-likeness (QED) is 0.533. The van der Waals surface area contributed by atoms with E-state index in [0.29, 0.717) is 22.4 Å². The normalized spacial score (nSPS) is 10.0. The van der Waals surface area contributed by atoms with E-state index in [4.69, 9.17) is 28.6 Å². The van der Waals surface area contributed by atoms with Gasteiger partial charge in [-0.3, -0.25) is 15.6 Å². The molecule has 0 aliphatic rings. The Kier molecular flexibility index (Phi) is 7.50. The van der Waals surface area contributed by atoms with Crippen molar-refractivity contribution in [2.45, 2.75) is 13.3 Å². The van der Waals surface area contributed by atoms with Crippen LogP contribution in [0.4, 0.5) is 0 Å². The minimum atomic E-state index is -0.315. The third-order valence-corrected chi connectivity index (χ3v) is 3.88. The van der Waals surface area contributed by atoms with Gasteiger partial charge < -0.3 is 10.1 Å². The van der Waals surface area contributed by atoms with Gasteiger partial charge in [0.1, 0.15) is 5.75 Å². The van der Waals surface area contributed by atoms with Gasteiger partial charge in [0.15, 0.2) is 11.7 Å². The molecule has 0 atom stereocenters. The molecule has 0 fully saturated rings. The standard InChI is InChI=1S/C18H20ClN3O2S/c1-13-4-2-3-5-16(13)24-12-17(23)21-22-18(25)20-11-10-14-6-8-15(19)9-7-14/h2-9H,10-12H2,1H3,(H,21,23)(H2,20,22,25). The molecule has 132 valence electrons. The molecule has 5 nitrogen and oxygen atoms in total. The van der Waals surface area contributed by atoms with E-state index in [0.717, 1.165) is 17.5 Å². The lowest BCUT2D eigenvalue weighted by Crippen LogP contribution is -2.48. The molecule has 3 N–H and O–H groups in total. The zero-order valence-electron chi connectivity index (χ0n) is 13.8. The Labute approximate surface area is 157 Å². The van der Waals surface area contributed by atoms with E-state index in [2.05, 4.69) is 16.2 Å².